The zero-order chi connectivity index (χ0) is 12.1. The van der Waals surface area contributed by atoms with Crippen molar-refractivity contribution in [3.05, 3.63) is 0 Å². The maximum Gasteiger partial charge on any atom is 0.401 e. The van der Waals surface area contributed by atoms with Crippen molar-refractivity contribution in [1.29, 1.82) is 0 Å². The van der Waals surface area contributed by atoms with E-state index < -0.39 is 12.7 Å². The molecule has 1 fully saturated rings. The third-order valence-corrected chi connectivity index (χ3v) is 3.17. The molecule has 16 heavy (non-hydrogen) atoms. The quantitative estimate of drug-likeness (QED) is 0.768. The van der Waals surface area contributed by atoms with Crippen molar-refractivity contribution in [3.63, 3.8) is 0 Å². The highest BCUT2D eigenvalue weighted by molar-refractivity contribution is 4.87. The van der Waals surface area contributed by atoms with Crippen molar-refractivity contribution in [3.8, 4) is 0 Å². The lowest BCUT2D eigenvalue weighted by Gasteiger charge is -2.38. The average Bonchev–Trinajstić information content (AvgIpc) is 2.17. The molecule has 2 nitrogen and oxygen atoms in total. The molecule has 0 radical (unpaired) electrons. The monoisotopic (exact) mass is 238 g/mol. The van der Waals surface area contributed by atoms with Crippen LogP contribution in [0.25, 0.3) is 0 Å². The van der Waals surface area contributed by atoms with Gasteiger partial charge in [0, 0.05) is 13.1 Å². The van der Waals surface area contributed by atoms with Crippen LogP contribution >= 0.6 is 0 Å². The number of hydrogen-bond acceptors (Lipinski definition) is 2. The molecule has 0 spiro atoms. The van der Waals surface area contributed by atoms with Gasteiger partial charge in [-0.1, -0.05) is 13.3 Å². The molecule has 1 rings (SSSR count). The van der Waals surface area contributed by atoms with Gasteiger partial charge >= 0.3 is 6.18 Å². The summed E-state index contributed by atoms with van der Waals surface area (Å²) in [5.41, 5.74) is 0.0260. The smallest absolute Gasteiger partial charge is 0.316 e. The maximum absolute atomic E-state index is 12.0. The van der Waals surface area contributed by atoms with Crippen LogP contribution in [0.15, 0.2) is 0 Å². The Kier molecular flexibility index (Phi) is 5.05. The molecule has 1 heterocycles. The molecule has 1 aliphatic heterocycles. The van der Waals surface area contributed by atoms with Crippen LogP contribution in [0.5, 0.6) is 0 Å². The summed E-state index contributed by atoms with van der Waals surface area (Å²) in [5, 5.41) is 5.84. The van der Waals surface area contributed by atoms with Crippen molar-refractivity contribution in [1.82, 2.24) is 10.6 Å². The zero-order valence-electron chi connectivity index (χ0n) is 9.79. The highest BCUT2D eigenvalue weighted by Gasteiger charge is 2.33. The summed E-state index contributed by atoms with van der Waals surface area (Å²) in [7, 11) is 0. The van der Waals surface area contributed by atoms with E-state index in [9.17, 15) is 13.2 Å². The van der Waals surface area contributed by atoms with E-state index in [2.05, 4.69) is 17.6 Å². The lowest BCUT2D eigenvalue weighted by atomic mass is 9.77. The van der Waals surface area contributed by atoms with E-state index in [1.807, 2.05) is 0 Å². The van der Waals surface area contributed by atoms with Gasteiger partial charge in [-0.3, -0.25) is 0 Å². The zero-order valence-corrected chi connectivity index (χ0v) is 9.79. The molecule has 2 N–H and O–H groups in total. The number of piperidine rings is 1. The molecule has 0 aromatic heterocycles. The first-order chi connectivity index (χ1) is 7.47. The lowest BCUT2D eigenvalue weighted by molar-refractivity contribution is -0.125. The maximum atomic E-state index is 12.0. The first-order valence-electron chi connectivity index (χ1n) is 5.96. The van der Waals surface area contributed by atoms with Crippen LogP contribution in [-0.2, 0) is 0 Å². The topological polar surface area (TPSA) is 24.1 Å². The summed E-state index contributed by atoms with van der Waals surface area (Å²) in [5.74, 6) is 0. The van der Waals surface area contributed by atoms with E-state index in [0.717, 1.165) is 38.8 Å². The normalized spacial score (nSPS) is 27.0. The summed E-state index contributed by atoms with van der Waals surface area (Å²) in [6, 6.07) is 0. The van der Waals surface area contributed by atoms with Crippen LogP contribution in [-0.4, -0.2) is 32.4 Å². The van der Waals surface area contributed by atoms with Crippen molar-refractivity contribution < 1.29 is 13.2 Å². The Morgan fingerprint density at radius 1 is 1.38 bits per heavy atom. The molecule has 96 valence electrons. The number of alkyl halides is 3. The van der Waals surface area contributed by atoms with Gasteiger partial charge in [0.2, 0.25) is 0 Å². The minimum absolute atomic E-state index is 0.0260. The Labute approximate surface area is 95.0 Å². The Bertz CT molecular complexity index is 192. The van der Waals surface area contributed by atoms with Gasteiger partial charge in [-0.05, 0) is 31.2 Å². The van der Waals surface area contributed by atoms with Gasteiger partial charge < -0.3 is 10.6 Å². The van der Waals surface area contributed by atoms with Crippen LogP contribution in [0, 0.1) is 5.41 Å². The second-order valence-corrected chi connectivity index (χ2v) is 4.75. The van der Waals surface area contributed by atoms with E-state index in [4.69, 9.17) is 0 Å². The minimum atomic E-state index is -4.10. The van der Waals surface area contributed by atoms with Crippen molar-refractivity contribution >= 4 is 0 Å². The van der Waals surface area contributed by atoms with Gasteiger partial charge in [0.1, 0.15) is 0 Å². The van der Waals surface area contributed by atoms with Crippen molar-refractivity contribution in [2.75, 3.05) is 26.2 Å². The molecule has 1 aliphatic rings. The molecule has 0 aromatic rings. The van der Waals surface area contributed by atoms with Gasteiger partial charge in [-0.15, -0.1) is 0 Å². The Morgan fingerprint density at radius 3 is 2.62 bits per heavy atom. The second kappa shape index (κ2) is 5.87. The lowest BCUT2D eigenvalue weighted by Crippen LogP contribution is -2.47. The predicted octanol–water partition coefficient (Wildman–Crippen LogP) is 2.31. The Hall–Kier alpha value is -0.290. The molecule has 0 amide bonds. The first-order valence-corrected chi connectivity index (χ1v) is 5.96. The third kappa shape index (κ3) is 4.70. The minimum Gasteiger partial charge on any atom is -0.316 e. The summed E-state index contributed by atoms with van der Waals surface area (Å²) < 4.78 is 36.1. The van der Waals surface area contributed by atoms with Crippen LogP contribution in [0.3, 0.4) is 0 Å². The molecular formula is C11H21F3N2. The van der Waals surface area contributed by atoms with Gasteiger partial charge in [0.05, 0.1) is 6.54 Å². The summed E-state index contributed by atoms with van der Waals surface area (Å²) in [6.45, 7) is 3.50. The van der Waals surface area contributed by atoms with Crippen molar-refractivity contribution in [2.45, 2.75) is 38.8 Å². The highest BCUT2D eigenvalue weighted by atomic mass is 19.4. The van der Waals surface area contributed by atoms with Gasteiger partial charge in [-0.25, -0.2) is 0 Å². The van der Waals surface area contributed by atoms with Crippen LogP contribution in [0.4, 0.5) is 13.2 Å². The van der Waals surface area contributed by atoms with Crippen LogP contribution in [0.1, 0.15) is 32.6 Å². The second-order valence-electron chi connectivity index (χ2n) is 4.75. The Balaban J connectivity index is 2.38. The van der Waals surface area contributed by atoms with Gasteiger partial charge in [0.15, 0.2) is 0 Å². The summed E-state index contributed by atoms with van der Waals surface area (Å²) in [6.07, 6.45) is 0.00211. The van der Waals surface area contributed by atoms with E-state index in [-0.39, 0.29) is 5.41 Å². The van der Waals surface area contributed by atoms with Gasteiger partial charge in [-0.2, -0.15) is 13.2 Å². The fourth-order valence-corrected chi connectivity index (χ4v) is 2.48. The van der Waals surface area contributed by atoms with E-state index >= 15 is 0 Å². The van der Waals surface area contributed by atoms with Crippen LogP contribution < -0.4 is 10.6 Å². The molecule has 0 aliphatic carbocycles. The highest BCUT2D eigenvalue weighted by Crippen LogP contribution is 2.31. The van der Waals surface area contributed by atoms with Crippen LogP contribution in [0.2, 0.25) is 0 Å². The molecule has 0 saturated carbocycles. The van der Waals surface area contributed by atoms with Gasteiger partial charge in [0.25, 0.3) is 0 Å². The number of nitrogens with one attached hydrogen (secondary N) is 2. The third-order valence-electron chi connectivity index (χ3n) is 3.17. The fourth-order valence-electron chi connectivity index (χ4n) is 2.48. The molecular weight excluding hydrogens is 217 g/mol. The molecule has 0 aromatic carbocycles. The summed E-state index contributed by atoms with van der Waals surface area (Å²) >= 11 is 0. The SMILES string of the molecule is CCCC1(CNCC(F)(F)F)CCCNC1. The van der Waals surface area contributed by atoms with E-state index in [0.29, 0.717) is 6.54 Å². The number of rotatable bonds is 5. The fraction of sp³-hybridized carbons (Fsp3) is 1.00. The largest absolute Gasteiger partial charge is 0.401 e. The molecule has 5 heteroatoms. The standard InChI is InChI=1S/C11H21F3N2/c1-2-4-10(5-3-6-15-7-10)8-16-9-11(12,13)14/h15-16H,2-9H2,1H3. The molecule has 1 atom stereocenters. The number of hydrogen-bond donors (Lipinski definition) is 2. The van der Waals surface area contributed by atoms with E-state index in [1.54, 1.807) is 0 Å². The molecule has 0 bridgehead atoms. The first kappa shape index (κ1) is 13.8. The van der Waals surface area contributed by atoms with Crippen molar-refractivity contribution in [2.24, 2.45) is 5.41 Å². The molecule has 1 saturated heterocycles. The Morgan fingerprint density at radius 2 is 2.12 bits per heavy atom. The van der Waals surface area contributed by atoms with E-state index in [1.165, 1.54) is 0 Å². The summed E-state index contributed by atoms with van der Waals surface area (Å²) in [4.78, 5) is 0. The number of halogens is 3. The molecule has 1 unspecified atom stereocenters. The predicted molar refractivity (Wildman–Crippen MR) is 58.4 cm³/mol. The average molecular weight is 238 g/mol.